The molecule has 140 valence electrons. The maximum absolute atomic E-state index is 6.37. The normalized spacial score (nSPS) is 10.7. The third kappa shape index (κ3) is 4.15. The van der Waals surface area contributed by atoms with Gasteiger partial charge < -0.3 is 10.6 Å². The van der Waals surface area contributed by atoms with Crippen molar-refractivity contribution in [1.82, 2.24) is 9.78 Å². The molecule has 1 heterocycles. The molecule has 0 saturated heterocycles. The number of aromatic nitrogens is 2. The van der Waals surface area contributed by atoms with Crippen LogP contribution >= 0.6 is 23.8 Å². The summed E-state index contributed by atoms with van der Waals surface area (Å²) < 4.78 is 1.92. The number of hydrogen-bond donors (Lipinski definition) is 2. The van der Waals surface area contributed by atoms with E-state index in [2.05, 4.69) is 53.0 Å². The van der Waals surface area contributed by atoms with E-state index in [0.717, 1.165) is 39.6 Å². The van der Waals surface area contributed by atoms with Crippen molar-refractivity contribution in [1.29, 1.82) is 0 Å². The number of halogens is 1. The van der Waals surface area contributed by atoms with Crippen LogP contribution in [0.3, 0.4) is 0 Å². The SMILES string of the molecule is Cc1ccc(-n2nc(C)c(NC(=S)Nc3c(C)cc(C)cc3Cl)c2C)cc1. The van der Waals surface area contributed by atoms with Crippen LogP contribution in [0.1, 0.15) is 28.1 Å². The fourth-order valence-electron chi connectivity index (χ4n) is 3.09. The molecule has 1 aromatic heterocycles. The number of nitrogens with zero attached hydrogens (tertiary/aromatic N) is 2. The van der Waals surface area contributed by atoms with Gasteiger partial charge in [-0.05, 0) is 76.2 Å². The first kappa shape index (κ1) is 19.4. The van der Waals surface area contributed by atoms with E-state index in [-0.39, 0.29) is 0 Å². The Hall–Kier alpha value is -2.37. The van der Waals surface area contributed by atoms with E-state index in [1.807, 2.05) is 38.4 Å². The van der Waals surface area contributed by atoms with Gasteiger partial charge >= 0.3 is 0 Å². The third-order valence-electron chi connectivity index (χ3n) is 4.48. The summed E-state index contributed by atoms with van der Waals surface area (Å²) in [6.07, 6.45) is 0. The minimum absolute atomic E-state index is 0.485. The number of nitrogens with one attached hydrogen (secondary N) is 2. The van der Waals surface area contributed by atoms with Gasteiger partial charge in [0, 0.05) is 0 Å². The largest absolute Gasteiger partial charge is 0.331 e. The predicted molar refractivity (Wildman–Crippen MR) is 119 cm³/mol. The number of rotatable bonds is 3. The molecule has 0 fully saturated rings. The van der Waals surface area contributed by atoms with Gasteiger partial charge in [-0.3, -0.25) is 0 Å². The van der Waals surface area contributed by atoms with Crippen LogP contribution in [-0.2, 0) is 0 Å². The molecular weight excluding hydrogens is 376 g/mol. The Bertz CT molecular complexity index is 983. The van der Waals surface area contributed by atoms with E-state index in [9.17, 15) is 0 Å². The molecule has 2 aromatic carbocycles. The second-order valence-corrected chi connectivity index (χ2v) is 7.63. The zero-order valence-electron chi connectivity index (χ0n) is 16.1. The molecule has 0 amide bonds. The topological polar surface area (TPSA) is 41.9 Å². The van der Waals surface area contributed by atoms with E-state index < -0.39 is 0 Å². The number of thiocarbonyl (C=S) groups is 1. The number of benzene rings is 2. The molecule has 2 N–H and O–H groups in total. The van der Waals surface area contributed by atoms with Gasteiger partial charge in [0.15, 0.2) is 5.11 Å². The van der Waals surface area contributed by atoms with E-state index >= 15 is 0 Å². The van der Waals surface area contributed by atoms with E-state index in [4.69, 9.17) is 23.8 Å². The number of hydrogen-bond acceptors (Lipinski definition) is 2. The lowest BCUT2D eigenvalue weighted by molar-refractivity contribution is 0.833. The summed E-state index contributed by atoms with van der Waals surface area (Å²) in [6, 6.07) is 12.3. The van der Waals surface area contributed by atoms with Crippen LogP contribution in [0.4, 0.5) is 11.4 Å². The van der Waals surface area contributed by atoms with Gasteiger partial charge in [0.05, 0.1) is 33.5 Å². The van der Waals surface area contributed by atoms with E-state index in [0.29, 0.717) is 10.1 Å². The van der Waals surface area contributed by atoms with Crippen molar-refractivity contribution >= 4 is 40.3 Å². The molecule has 4 nitrogen and oxygen atoms in total. The van der Waals surface area contributed by atoms with Crippen molar-refractivity contribution in [2.45, 2.75) is 34.6 Å². The number of aryl methyl sites for hydroxylation is 4. The summed E-state index contributed by atoms with van der Waals surface area (Å²) in [5.41, 5.74) is 7.99. The molecule has 0 aliphatic heterocycles. The Morgan fingerprint density at radius 1 is 0.926 bits per heavy atom. The number of anilines is 2. The molecule has 0 aliphatic rings. The molecule has 27 heavy (non-hydrogen) atoms. The third-order valence-corrected chi connectivity index (χ3v) is 4.98. The van der Waals surface area contributed by atoms with Gasteiger partial charge in [-0.15, -0.1) is 0 Å². The fraction of sp³-hybridized carbons (Fsp3) is 0.238. The zero-order chi connectivity index (χ0) is 19.7. The highest BCUT2D eigenvalue weighted by Gasteiger charge is 2.15. The van der Waals surface area contributed by atoms with Gasteiger partial charge in [-0.2, -0.15) is 5.10 Å². The first-order chi connectivity index (χ1) is 12.8. The van der Waals surface area contributed by atoms with Crippen molar-refractivity contribution in [2.75, 3.05) is 10.6 Å². The van der Waals surface area contributed by atoms with Crippen LogP contribution in [0.5, 0.6) is 0 Å². The summed E-state index contributed by atoms with van der Waals surface area (Å²) in [4.78, 5) is 0. The summed E-state index contributed by atoms with van der Waals surface area (Å²) in [5, 5.41) is 12.3. The first-order valence-corrected chi connectivity index (χ1v) is 9.53. The van der Waals surface area contributed by atoms with Crippen molar-refractivity contribution in [3.05, 3.63) is 69.5 Å². The second kappa shape index (κ2) is 7.71. The summed E-state index contributed by atoms with van der Waals surface area (Å²) in [6.45, 7) is 10.1. The van der Waals surface area contributed by atoms with Crippen LogP contribution in [0.15, 0.2) is 36.4 Å². The molecule has 0 unspecified atom stereocenters. The summed E-state index contributed by atoms with van der Waals surface area (Å²) >= 11 is 11.9. The van der Waals surface area contributed by atoms with Crippen LogP contribution < -0.4 is 10.6 Å². The van der Waals surface area contributed by atoms with Gasteiger partial charge in [0.25, 0.3) is 0 Å². The monoisotopic (exact) mass is 398 g/mol. The molecule has 0 bridgehead atoms. The fourth-order valence-corrected chi connectivity index (χ4v) is 3.67. The lowest BCUT2D eigenvalue weighted by atomic mass is 10.1. The molecule has 3 aromatic rings. The minimum Gasteiger partial charge on any atom is -0.331 e. The highest BCUT2D eigenvalue weighted by molar-refractivity contribution is 7.80. The van der Waals surface area contributed by atoms with Gasteiger partial charge in [0.1, 0.15) is 0 Å². The molecule has 0 atom stereocenters. The molecule has 0 saturated carbocycles. The van der Waals surface area contributed by atoms with Crippen LogP contribution in [0.25, 0.3) is 5.69 Å². The lowest BCUT2D eigenvalue weighted by Gasteiger charge is -2.15. The summed E-state index contributed by atoms with van der Waals surface area (Å²) in [7, 11) is 0. The van der Waals surface area contributed by atoms with Crippen LogP contribution in [-0.4, -0.2) is 14.9 Å². The zero-order valence-corrected chi connectivity index (χ0v) is 17.7. The Balaban J connectivity index is 1.84. The second-order valence-electron chi connectivity index (χ2n) is 6.81. The summed E-state index contributed by atoms with van der Waals surface area (Å²) in [5.74, 6) is 0. The van der Waals surface area contributed by atoms with Gasteiger partial charge in [-0.1, -0.05) is 35.4 Å². The molecule has 0 radical (unpaired) electrons. The smallest absolute Gasteiger partial charge is 0.175 e. The Labute approximate surface area is 170 Å². The quantitative estimate of drug-likeness (QED) is 0.541. The lowest BCUT2D eigenvalue weighted by Crippen LogP contribution is -2.20. The maximum atomic E-state index is 6.37. The standard InChI is InChI=1S/C21H23ClN4S/c1-12-6-8-17(9-7-12)26-16(5)20(15(4)25-26)24-21(27)23-19-14(3)10-13(2)11-18(19)22/h6-11H,1-5H3,(H2,23,24,27). The highest BCUT2D eigenvalue weighted by atomic mass is 35.5. The maximum Gasteiger partial charge on any atom is 0.175 e. The van der Waals surface area contributed by atoms with E-state index in [1.54, 1.807) is 0 Å². The van der Waals surface area contributed by atoms with Crippen molar-refractivity contribution in [3.8, 4) is 5.69 Å². The average molecular weight is 399 g/mol. The molecular formula is C21H23ClN4S. The van der Waals surface area contributed by atoms with E-state index in [1.165, 1.54) is 5.56 Å². The van der Waals surface area contributed by atoms with Crippen molar-refractivity contribution < 1.29 is 0 Å². The van der Waals surface area contributed by atoms with Crippen molar-refractivity contribution in [3.63, 3.8) is 0 Å². The molecule has 3 rings (SSSR count). The van der Waals surface area contributed by atoms with Crippen LogP contribution in [0, 0.1) is 34.6 Å². The average Bonchev–Trinajstić information content (AvgIpc) is 2.87. The first-order valence-electron chi connectivity index (χ1n) is 8.74. The minimum atomic E-state index is 0.485. The molecule has 0 spiro atoms. The van der Waals surface area contributed by atoms with Crippen LogP contribution in [0.2, 0.25) is 5.02 Å². The molecule has 6 heteroatoms. The van der Waals surface area contributed by atoms with Gasteiger partial charge in [-0.25, -0.2) is 4.68 Å². The predicted octanol–water partition coefficient (Wildman–Crippen LogP) is 5.88. The highest BCUT2D eigenvalue weighted by Crippen LogP contribution is 2.28. The Kier molecular flexibility index (Phi) is 5.53. The Morgan fingerprint density at radius 2 is 1.56 bits per heavy atom. The Morgan fingerprint density at radius 3 is 2.19 bits per heavy atom. The van der Waals surface area contributed by atoms with Crippen molar-refractivity contribution in [2.24, 2.45) is 0 Å². The van der Waals surface area contributed by atoms with Gasteiger partial charge in [0.2, 0.25) is 0 Å². The molecule has 0 aliphatic carbocycles.